The first-order valence-corrected chi connectivity index (χ1v) is 9.99. The first-order valence-electron chi connectivity index (χ1n) is 9.99. The monoisotopic (exact) mass is 449 g/mol. The fourth-order valence-electron chi connectivity index (χ4n) is 3.15. The molecule has 1 aromatic heterocycles. The predicted octanol–water partition coefficient (Wildman–Crippen LogP) is 5.13. The largest absolute Gasteiger partial charge is 0.447 e. The molecule has 0 radical (unpaired) electrons. The van der Waals surface area contributed by atoms with Crippen molar-refractivity contribution in [2.75, 3.05) is 13.6 Å². The second kappa shape index (κ2) is 9.95. The van der Waals surface area contributed by atoms with Gasteiger partial charge in [0.25, 0.3) is 5.91 Å². The normalized spacial score (nSPS) is 11.7. The van der Waals surface area contributed by atoms with E-state index >= 15 is 0 Å². The average molecular weight is 449 g/mol. The summed E-state index contributed by atoms with van der Waals surface area (Å²) in [4.78, 5) is 19.7. The molecule has 0 saturated heterocycles. The molecule has 32 heavy (non-hydrogen) atoms. The number of carbonyl (C=O) groups excluding carboxylic acids is 1. The van der Waals surface area contributed by atoms with E-state index in [4.69, 9.17) is 4.42 Å². The number of halogens is 4. The second-order valence-electron chi connectivity index (χ2n) is 7.38. The van der Waals surface area contributed by atoms with Crippen LogP contribution in [0.25, 0.3) is 0 Å². The van der Waals surface area contributed by atoms with E-state index in [1.54, 1.807) is 36.2 Å². The van der Waals surface area contributed by atoms with Crippen LogP contribution in [0.15, 0.2) is 59.2 Å². The third-order valence-corrected chi connectivity index (χ3v) is 4.96. The molecule has 0 aliphatic heterocycles. The zero-order chi connectivity index (χ0) is 23.3. The third-order valence-electron chi connectivity index (χ3n) is 4.96. The fraction of sp³-hybridized carbons (Fsp3) is 0.304. The van der Waals surface area contributed by atoms with Crippen molar-refractivity contribution in [3.63, 3.8) is 0 Å². The molecule has 0 atom stereocenters. The van der Waals surface area contributed by atoms with Crippen molar-refractivity contribution in [1.29, 1.82) is 0 Å². The number of alkyl halides is 3. The molecular formula is C23H23F4N3O2. The molecule has 0 spiro atoms. The highest BCUT2D eigenvalue weighted by atomic mass is 19.4. The Kier molecular flexibility index (Phi) is 7.29. The van der Waals surface area contributed by atoms with Crippen LogP contribution in [-0.2, 0) is 25.8 Å². The Balaban J connectivity index is 1.84. The summed E-state index contributed by atoms with van der Waals surface area (Å²) in [5.41, 5.74) is 0.166. The fourth-order valence-corrected chi connectivity index (χ4v) is 3.15. The molecule has 5 nitrogen and oxygen atoms in total. The van der Waals surface area contributed by atoms with Gasteiger partial charge < -0.3 is 9.32 Å². The van der Waals surface area contributed by atoms with E-state index in [-0.39, 0.29) is 37.1 Å². The first-order chi connectivity index (χ1) is 15.2. The van der Waals surface area contributed by atoms with Gasteiger partial charge in [0.1, 0.15) is 12.1 Å². The van der Waals surface area contributed by atoms with Gasteiger partial charge in [0, 0.05) is 32.2 Å². The lowest BCUT2D eigenvalue weighted by atomic mass is 10.1. The average Bonchev–Trinajstić information content (AvgIpc) is 3.22. The van der Waals surface area contributed by atoms with Crippen LogP contribution in [-0.4, -0.2) is 34.3 Å². The van der Waals surface area contributed by atoms with Crippen molar-refractivity contribution in [1.82, 2.24) is 14.8 Å². The molecule has 3 aromatic rings. The zero-order valence-electron chi connectivity index (χ0n) is 17.7. The van der Waals surface area contributed by atoms with Gasteiger partial charge in [0.15, 0.2) is 5.69 Å². The summed E-state index contributed by atoms with van der Waals surface area (Å²) in [6, 6.07) is 11.1. The van der Waals surface area contributed by atoms with Crippen molar-refractivity contribution in [3.05, 3.63) is 88.9 Å². The van der Waals surface area contributed by atoms with Gasteiger partial charge in [0.05, 0.1) is 12.1 Å². The molecule has 0 saturated carbocycles. The smallest absolute Gasteiger partial charge is 0.416 e. The molecule has 1 amide bonds. The number of aromatic nitrogens is 1. The molecular weight excluding hydrogens is 426 g/mol. The Hall–Kier alpha value is -3.20. The molecule has 0 fully saturated rings. The minimum absolute atomic E-state index is 0.0771. The SMILES string of the molecule is CCN(C)C(=O)c1coc(CN(Cc2cccc(C(F)(F)F)c2)Cc2ccccc2F)n1. The number of carbonyl (C=O) groups is 1. The van der Waals surface area contributed by atoms with E-state index in [0.717, 1.165) is 12.1 Å². The minimum atomic E-state index is -4.46. The van der Waals surface area contributed by atoms with Gasteiger partial charge in [-0.2, -0.15) is 13.2 Å². The highest BCUT2D eigenvalue weighted by Gasteiger charge is 2.30. The summed E-state index contributed by atoms with van der Waals surface area (Å²) in [7, 11) is 1.63. The van der Waals surface area contributed by atoms with Gasteiger partial charge in [-0.05, 0) is 24.6 Å². The van der Waals surface area contributed by atoms with Gasteiger partial charge in [-0.25, -0.2) is 9.37 Å². The van der Waals surface area contributed by atoms with Crippen LogP contribution in [0.2, 0.25) is 0 Å². The van der Waals surface area contributed by atoms with Gasteiger partial charge in [-0.15, -0.1) is 0 Å². The quantitative estimate of drug-likeness (QED) is 0.448. The topological polar surface area (TPSA) is 49.6 Å². The van der Waals surface area contributed by atoms with Crippen molar-refractivity contribution in [2.24, 2.45) is 0 Å². The lowest BCUT2D eigenvalue weighted by molar-refractivity contribution is -0.137. The molecule has 0 unspecified atom stereocenters. The van der Waals surface area contributed by atoms with Crippen molar-refractivity contribution in [2.45, 2.75) is 32.7 Å². The van der Waals surface area contributed by atoms with Crippen LogP contribution in [0, 0.1) is 5.82 Å². The molecule has 3 rings (SSSR count). The zero-order valence-corrected chi connectivity index (χ0v) is 17.7. The Labute approximate surface area is 183 Å². The summed E-state index contributed by atoms with van der Waals surface area (Å²) in [6.45, 7) is 2.61. The lowest BCUT2D eigenvalue weighted by Crippen LogP contribution is -2.27. The molecule has 0 N–H and O–H groups in total. The molecule has 1 heterocycles. The number of oxazole rings is 1. The maximum Gasteiger partial charge on any atom is 0.416 e. The van der Waals surface area contributed by atoms with E-state index in [9.17, 15) is 22.4 Å². The van der Waals surface area contributed by atoms with Gasteiger partial charge in [0.2, 0.25) is 5.89 Å². The van der Waals surface area contributed by atoms with Crippen LogP contribution < -0.4 is 0 Å². The van der Waals surface area contributed by atoms with Gasteiger partial charge in [-0.3, -0.25) is 9.69 Å². The predicted molar refractivity (Wildman–Crippen MR) is 110 cm³/mol. The highest BCUT2D eigenvalue weighted by Crippen LogP contribution is 2.30. The number of benzene rings is 2. The van der Waals surface area contributed by atoms with E-state index in [0.29, 0.717) is 17.7 Å². The number of nitrogens with zero attached hydrogens (tertiary/aromatic N) is 3. The maximum atomic E-state index is 14.2. The number of hydrogen-bond acceptors (Lipinski definition) is 4. The molecule has 0 bridgehead atoms. The van der Waals surface area contributed by atoms with Gasteiger partial charge >= 0.3 is 6.18 Å². The van der Waals surface area contributed by atoms with E-state index in [2.05, 4.69) is 4.98 Å². The van der Waals surface area contributed by atoms with Crippen molar-refractivity contribution >= 4 is 5.91 Å². The molecule has 9 heteroatoms. The van der Waals surface area contributed by atoms with E-state index in [1.807, 2.05) is 6.92 Å². The number of rotatable bonds is 8. The van der Waals surface area contributed by atoms with E-state index in [1.165, 1.54) is 23.3 Å². The Morgan fingerprint density at radius 1 is 1.06 bits per heavy atom. The Morgan fingerprint density at radius 2 is 1.81 bits per heavy atom. The minimum Gasteiger partial charge on any atom is -0.447 e. The summed E-state index contributed by atoms with van der Waals surface area (Å²) in [5.74, 6) is -0.517. The molecule has 2 aromatic carbocycles. The van der Waals surface area contributed by atoms with Crippen molar-refractivity contribution < 1.29 is 26.8 Å². The van der Waals surface area contributed by atoms with Crippen LogP contribution >= 0.6 is 0 Å². The maximum absolute atomic E-state index is 14.2. The summed E-state index contributed by atoms with van der Waals surface area (Å²) in [5, 5.41) is 0. The van der Waals surface area contributed by atoms with Crippen LogP contribution in [0.5, 0.6) is 0 Å². The molecule has 0 aliphatic carbocycles. The third kappa shape index (κ3) is 5.94. The van der Waals surface area contributed by atoms with Crippen LogP contribution in [0.1, 0.15) is 40.0 Å². The van der Waals surface area contributed by atoms with E-state index < -0.39 is 17.6 Å². The highest BCUT2D eigenvalue weighted by molar-refractivity contribution is 5.91. The summed E-state index contributed by atoms with van der Waals surface area (Å²) >= 11 is 0. The molecule has 170 valence electrons. The standard InChI is InChI=1S/C23H23F4N3O2/c1-3-29(2)22(31)20-15-32-21(28-20)14-30(13-17-8-4-5-10-19(17)24)12-16-7-6-9-18(11-16)23(25,26)27/h4-11,15H,3,12-14H2,1-2H3. The Morgan fingerprint density at radius 3 is 2.50 bits per heavy atom. The van der Waals surface area contributed by atoms with Crippen LogP contribution in [0.3, 0.4) is 0 Å². The first kappa shape index (κ1) is 23.5. The lowest BCUT2D eigenvalue weighted by Gasteiger charge is -2.22. The number of hydrogen-bond donors (Lipinski definition) is 0. The van der Waals surface area contributed by atoms with Crippen molar-refractivity contribution in [3.8, 4) is 0 Å². The van der Waals surface area contributed by atoms with Crippen LogP contribution in [0.4, 0.5) is 17.6 Å². The summed E-state index contributed by atoms with van der Waals surface area (Å²) < 4.78 is 58.9. The second-order valence-corrected chi connectivity index (χ2v) is 7.38. The Bertz CT molecular complexity index is 1070. The van der Waals surface area contributed by atoms with Gasteiger partial charge in [-0.1, -0.05) is 36.4 Å². The molecule has 0 aliphatic rings. The number of amides is 1. The summed E-state index contributed by atoms with van der Waals surface area (Å²) in [6.07, 6.45) is -3.22.